The maximum atomic E-state index is 3.52. The van der Waals surface area contributed by atoms with E-state index in [2.05, 4.69) is 52.6 Å². The van der Waals surface area contributed by atoms with Crippen molar-refractivity contribution in [2.75, 3.05) is 19.6 Å². The minimum atomic E-state index is 0.687. The fraction of sp³-hybridized carbons (Fsp3) is 0.500. The second-order valence-corrected chi connectivity index (χ2v) is 5.42. The summed E-state index contributed by atoms with van der Waals surface area (Å²) in [6.45, 7) is 6.75. The van der Waals surface area contributed by atoms with E-state index in [-0.39, 0.29) is 0 Å². The molecule has 0 amide bonds. The molecule has 1 saturated heterocycles. The van der Waals surface area contributed by atoms with Crippen molar-refractivity contribution in [1.82, 2.24) is 15.2 Å². The van der Waals surface area contributed by atoms with Gasteiger partial charge in [-0.2, -0.15) is 0 Å². The lowest BCUT2D eigenvalue weighted by molar-refractivity contribution is 0.166. The van der Waals surface area contributed by atoms with E-state index in [1.807, 2.05) is 0 Å². The lowest BCUT2D eigenvalue weighted by Crippen LogP contribution is -2.45. The van der Waals surface area contributed by atoms with E-state index in [9.17, 15) is 0 Å². The monoisotopic (exact) mass is 257 g/mol. The third kappa shape index (κ3) is 2.67. The number of nitrogens with zero attached hydrogens (tertiary/aromatic N) is 1. The van der Waals surface area contributed by atoms with Gasteiger partial charge in [0.15, 0.2) is 0 Å². The van der Waals surface area contributed by atoms with E-state index in [1.54, 1.807) is 0 Å². The van der Waals surface area contributed by atoms with Crippen LogP contribution in [0.25, 0.3) is 10.9 Å². The summed E-state index contributed by atoms with van der Waals surface area (Å²) in [5.74, 6) is 0. The summed E-state index contributed by atoms with van der Waals surface area (Å²) in [6, 6.07) is 9.27. The molecule has 3 heteroatoms. The molecule has 0 bridgehead atoms. The molecule has 1 aromatic carbocycles. The van der Waals surface area contributed by atoms with Crippen LogP contribution in [0, 0.1) is 0 Å². The molecule has 0 aliphatic carbocycles. The summed E-state index contributed by atoms with van der Waals surface area (Å²) in [6.07, 6.45) is 4.79. The molecular weight excluding hydrogens is 234 g/mol. The first-order valence-corrected chi connectivity index (χ1v) is 7.38. The second-order valence-electron chi connectivity index (χ2n) is 5.42. The van der Waals surface area contributed by atoms with Crippen molar-refractivity contribution in [3.05, 3.63) is 36.0 Å². The van der Waals surface area contributed by atoms with E-state index in [0.717, 1.165) is 19.6 Å². The minimum Gasteiger partial charge on any atom is -0.361 e. The standard InChI is InChI=1S/C16H23N3/c1-2-19(14-6-5-9-17-11-14)12-13-10-18-16-8-4-3-7-15(13)16/h3-4,7-8,10,14,17-18H,2,5-6,9,11-12H2,1H3. The summed E-state index contributed by atoms with van der Waals surface area (Å²) in [5, 5.41) is 4.88. The number of aromatic nitrogens is 1. The lowest BCUT2D eigenvalue weighted by atomic mass is 10.0. The van der Waals surface area contributed by atoms with Crippen LogP contribution < -0.4 is 5.32 Å². The van der Waals surface area contributed by atoms with Crippen molar-refractivity contribution < 1.29 is 0 Å². The topological polar surface area (TPSA) is 31.1 Å². The molecule has 3 nitrogen and oxygen atoms in total. The first-order chi connectivity index (χ1) is 9.38. The van der Waals surface area contributed by atoms with Gasteiger partial charge in [-0.15, -0.1) is 0 Å². The Hall–Kier alpha value is -1.32. The summed E-state index contributed by atoms with van der Waals surface area (Å²) in [7, 11) is 0. The largest absolute Gasteiger partial charge is 0.361 e. The van der Waals surface area contributed by atoms with Crippen molar-refractivity contribution in [2.45, 2.75) is 32.4 Å². The fourth-order valence-electron chi connectivity index (χ4n) is 3.13. The van der Waals surface area contributed by atoms with E-state index in [4.69, 9.17) is 0 Å². The molecule has 1 aliphatic rings. The van der Waals surface area contributed by atoms with Gasteiger partial charge < -0.3 is 10.3 Å². The first kappa shape index (κ1) is 12.7. The van der Waals surface area contributed by atoms with Crippen molar-refractivity contribution in [3.63, 3.8) is 0 Å². The maximum absolute atomic E-state index is 3.52. The number of likely N-dealkylation sites (N-methyl/N-ethyl adjacent to an activating group) is 1. The highest BCUT2D eigenvalue weighted by Crippen LogP contribution is 2.21. The SMILES string of the molecule is CCN(Cc1c[nH]c2ccccc12)C1CCCNC1. The fourth-order valence-corrected chi connectivity index (χ4v) is 3.13. The van der Waals surface area contributed by atoms with Gasteiger partial charge in [-0.25, -0.2) is 0 Å². The molecule has 3 rings (SSSR count). The zero-order chi connectivity index (χ0) is 13.1. The van der Waals surface area contributed by atoms with Gasteiger partial charge in [0, 0.05) is 36.2 Å². The highest BCUT2D eigenvalue weighted by molar-refractivity contribution is 5.82. The van der Waals surface area contributed by atoms with Crippen LogP contribution in [-0.4, -0.2) is 35.6 Å². The molecule has 1 fully saturated rings. The van der Waals surface area contributed by atoms with Crippen molar-refractivity contribution in [3.8, 4) is 0 Å². The van der Waals surface area contributed by atoms with Crippen LogP contribution in [-0.2, 0) is 6.54 Å². The average Bonchev–Trinajstić information content (AvgIpc) is 2.89. The average molecular weight is 257 g/mol. The van der Waals surface area contributed by atoms with Gasteiger partial charge in [0.2, 0.25) is 0 Å². The van der Waals surface area contributed by atoms with Gasteiger partial charge in [-0.05, 0) is 37.6 Å². The van der Waals surface area contributed by atoms with Crippen LogP contribution in [0.4, 0.5) is 0 Å². The molecule has 1 aromatic heterocycles. The quantitative estimate of drug-likeness (QED) is 0.882. The van der Waals surface area contributed by atoms with Crippen molar-refractivity contribution >= 4 is 10.9 Å². The van der Waals surface area contributed by atoms with Gasteiger partial charge in [0.25, 0.3) is 0 Å². The van der Waals surface area contributed by atoms with E-state index >= 15 is 0 Å². The Morgan fingerprint density at radius 3 is 3.00 bits per heavy atom. The molecule has 19 heavy (non-hydrogen) atoms. The Bertz CT molecular complexity index is 526. The number of para-hydroxylation sites is 1. The van der Waals surface area contributed by atoms with E-state index in [0.29, 0.717) is 6.04 Å². The number of hydrogen-bond acceptors (Lipinski definition) is 2. The summed E-state index contributed by atoms with van der Waals surface area (Å²) in [4.78, 5) is 5.98. The highest BCUT2D eigenvalue weighted by Gasteiger charge is 2.20. The minimum absolute atomic E-state index is 0.687. The molecule has 2 aromatic rings. The third-order valence-electron chi connectivity index (χ3n) is 4.24. The first-order valence-electron chi connectivity index (χ1n) is 7.38. The zero-order valence-corrected chi connectivity index (χ0v) is 11.7. The van der Waals surface area contributed by atoms with Crippen molar-refractivity contribution in [2.24, 2.45) is 0 Å². The maximum Gasteiger partial charge on any atom is 0.0457 e. The number of piperidine rings is 1. The van der Waals surface area contributed by atoms with Crippen molar-refractivity contribution in [1.29, 1.82) is 0 Å². The highest BCUT2D eigenvalue weighted by atomic mass is 15.2. The Balaban J connectivity index is 1.78. The summed E-state index contributed by atoms with van der Waals surface area (Å²) < 4.78 is 0. The number of nitrogens with one attached hydrogen (secondary N) is 2. The number of hydrogen-bond donors (Lipinski definition) is 2. The molecule has 102 valence electrons. The summed E-state index contributed by atoms with van der Waals surface area (Å²) in [5.41, 5.74) is 2.67. The molecular formula is C16H23N3. The number of aromatic amines is 1. The van der Waals surface area contributed by atoms with E-state index in [1.165, 1.54) is 35.9 Å². The van der Waals surface area contributed by atoms with Gasteiger partial charge in [0.1, 0.15) is 0 Å². The van der Waals surface area contributed by atoms with Gasteiger partial charge in [-0.3, -0.25) is 4.90 Å². The Morgan fingerprint density at radius 1 is 1.32 bits per heavy atom. The van der Waals surface area contributed by atoms with Crippen LogP contribution in [0.2, 0.25) is 0 Å². The number of benzene rings is 1. The van der Waals surface area contributed by atoms with Crippen LogP contribution in [0.1, 0.15) is 25.3 Å². The van der Waals surface area contributed by atoms with Gasteiger partial charge in [-0.1, -0.05) is 25.1 Å². The second kappa shape index (κ2) is 5.76. The molecule has 2 N–H and O–H groups in total. The molecule has 2 heterocycles. The van der Waals surface area contributed by atoms with Crippen LogP contribution >= 0.6 is 0 Å². The molecule has 1 aliphatic heterocycles. The predicted molar refractivity (Wildman–Crippen MR) is 80.3 cm³/mol. The van der Waals surface area contributed by atoms with Gasteiger partial charge in [0.05, 0.1) is 0 Å². The van der Waals surface area contributed by atoms with Crippen LogP contribution in [0.5, 0.6) is 0 Å². The molecule has 0 radical (unpaired) electrons. The Labute approximate surface area is 115 Å². The Kier molecular flexibility index (Phi) is 3.85. The molecule has 1 atom stereocenters. The molecule has 0 spiro atoms. The Morgan fingerprint density at radius 2 is 2.21 bits per heavy atom. The predicted octanol–water partition coefficient (Wildman–Crippen LogP) is 2.74. The van der Waals surface area contributed by atoms with E-state index < -0.39 is 0 Å². The number of rotatable bonds is 4. The molecule has 1 unspecified atom stereocenters. The number of H-pyrrole nitrogens is 1. The number of fused-ring (bicyclic) bond motifs is 1. The smallest absolute Gasteiger partial charge is 0.0457 e. The summed E-state index contributed by atoms with van der Waals surface area (Å²) >= 11 is 0. The zero-order valence-electron chi connectivity index (χ0n) is 11.7. The van der Waals surface area contributed by atoms with Crippen LogP contribution in [0.3, 0.4) is 0 Å². The lowest BCUT2D eigenvalue weighted by Gasteiger charge is -2.33. The molecule has 0 saturated carbocycles. The normalized spacial score (nSPS) is 20.2. The van der Waals surface area contributed by atoms with Gasteiger partial charge >= 0.3 is 0 Å². The van der Waals surface area contributed by atoms with Crippen LogP contribution in [0.15, 0.2) is 30.5 Å². The third-order valence-corrected chi connectivity index (χ3v) is 4.24.